The van der Waals surface area contributed by atoms with Gasteiger partial charge in [0.15, 0.2) is 0 Å². The summed E-state index contributed by atoms with van der Waals surface area (Å²) in [6.45, 7) is 5.88. The molecule has 1 aliphatic heterocycles. The number of nitrogens with one attached hydrogen (secondary N) is 1. The van der Waals surface area contributed by atoms with Crippen LogP contribution in [0, 0.1) is 13.8 Å². The third kappa shape index (κ3) is 4.88. The second-order valence-corrected chi connectivity index (χ2v) is 9.39. The summed E-state index contributed by atoms with van der Waals surface area (Å²) in [7, 11) is 3.82. The highest BCUT2D eigenvalue weighted by atomic mass is 16.5. The number of hydrogen-bond acceptors (Lipinski definition) is 6. The maximum Gasteiger partial charge on any atom is 0.255 e. The highest BCUT2D eigenvalue weighted by molar-refractivity contribution is 6.04. The summed E-state index contributed by atoms with van der Waals surface area (Å²) in [6, 6.07) is 19.6. The fourth-order valence-electron chi connectivity index (χ4n) is 4.86. The first-order valence-corrected chi connectivity index (χ1v) is 12.1. The van der Waals surface area contributed by atoms with E-state index >= 15 is 0 Å². The average molecular weight is 483 g/mol. The van der Waals surface area contributed by atoms with Crippen LogP contribution in [-0.2, 0) is 0 Å². The number of anilines is 1. The first kappa shape index (κ1) is 23.8. The highest BCUT2D eigenvalue weighted by Crippen LogP contribution is 2.35. The number of likely N-dealkylation sites (tertiary alicyclic amines) is 1. The Labute approximate surface area is 211 Å². The summed E-state index contributed by atoms with van der Waals surface area (Å²) in [5, 5.41) is 11.0. The van der Waals surface area contributed by atoms with Gasteiger partial charge in [-0.05, 0) is 86.1 Å². The van der Waals surface area contributed by atoms with Crippen molar-refractivity contribution in [3.63, 3.8) is 0 Å². The Hall–Kier alpha value is -3.97. The van der Waals surface area contributed by atoms with E-state index in [0.29, 0.717) is 23.3 Å². The molecule has 1 N–H and O–H groups in total. The van der Waals surface area contributed by atoms with Gasteiger partial charge in [0, 0.05) is 41.8 Å². The van der Waals surface area contributed by atoms with Gasteiger partial charge in [-0.25, -0.2) is 0 Å². The maximum atomic E-state index is 13.0. The molecule has 1 amide bonds. The first-order valence-electron chi connectivity index (χ1n) is 12.1. The number of aryl methyl sites for hydroxylation is 2. The fourth-order valence-corrected chi connectivity index (χ4v) is 4.86. The molecule has 184 valence electrons. The number of carbonyl (C=O) groups is 1. The average Bonchev–Trinajstić information content (AvgIpc) is 3.52. The zero-order chi connectivity index (χ0) is 25.2. The third-order valence-corrected chi connectivity index (χ3v) is 6.78. The predicted molar refractivity (Wildman–Crippen MR) is 140 cm³/mol. The summed E-state index contributed by atoms with van der Waals surface area (Å²) < 4.78 is 11.1. The van der Waals surface area contributed by atoms with Gasteiger partial charge in [0.25, 0.3) is 5.91 Å². The molecular formula is C29H30N4O3. The number of nitrogens with zero attached hydrogens (tertiary/aromatic N) is 3. The lowest BCUT2D eigenvalue weighted by Gasteiger charge is -2.17. The molecule has 0 aliphatic carbocycles. The van der Waals surface area contributed by atoms with Gasteiger partial charge in [0.1, 0.15) is 5.75 Å². The molecule has 4 aromatic rings. The molecule has 1 aromatic heterocycles. The minimum atomic E-state index is -0.139. The maximum absolute atomic E-state index is 13.0. The molecule has 7 nitrogen and oxygen atoms in total. The third-order valence-electron chi connectivity index (χ3n) is 6.78. The molecule has 1 aliphatic rings. The van der Waals surface area contributed by atoms with E-state index in [4.69, 9.17) is 9.15 Å². The number of methoxy groups -OCH3 is 1. The molecule has 7 heteroatoms. The number of aromatic nitrogens is 2. The number of amides is 1. The second kappa shape index (κ2) is 9.95. The van der Waals surface area contributed by atoms with Crippen molar-refractivity contribution in [3.05, 3.63) is 83.2 Å². The minimum Gasteiger partial charge on any atom is -0.496 e. The number of ether oxygens (including phenoxy) is 1. The van der Waals surface area contributed by atoms with Crippen molar-refractivity contribution in [2.75, 3.05) is 32.6 Å². The monoisotopic (exact) mass is 482 g/mol. The van der Waals surface area contributed by atoms with Gasteiger partial charge in [-0.3, -0.25) is 4.79 Å². The van der Waals surface area contributed by atoms with Crippen LogP contribution in [0.25, 0.3) is 22.6 Å². The van der Waals surface area contributed by atoms with E-state index in [1.165, 1.54) is 0 Å². The quantitative estimate of drug-likeness (QED) is 0.380. The molecule has 1 saturated heterocycles. The Morgan fingerprint density at radius 3 is 2.44 bits per heavy atom. The second-order valence-electron chi connectivity index (χ2n) is 9.39. The van der Waals surface area contributed by atoms with E-state index in [1.54, 1.807) is 14.0 Å². The van der Waals surface area contributed by atoms with Gasteiger partial charge in [0.2, 0.25) is 11.8 Å². The fraction of sp³-hybridized carbons (Fsp3) is 0.276. The largest absolute Gasteiger partial charge is 0.496 e. The summed E-state index contributed by atoms with van der Waals surface area (Å²) in [5.41, 5.74) is 6.62. The van der Waals surface area contributed by atoms with Gasteiger partial charge < -0.3 is 19.4 Å². The smallest absolute Gasteiger partial charge is 0.255 e. The standard InChI is InChI=1S/C29H30N4O3/c1-18-15-22(29-32-31-19(2)36-29)9-11-25(18)20-5-7-21(8-6-20)28(34)30-24-10-12-27(35-4)26(16-24)23-13-14-33(3)17-23/h5-12,15-16,23H,13-14,17H2,1-4H3,(H,30,34). The Kier molecular flexibility index (Phi) is 6.57. The van der Waals surface area contributed by atoms with E-state index in [-0.39, 0.29) is 5.91 Å². The summed E-state index contributed by atoms with van der Waals surface area (Å²) >= 11 is 0. The van der Waals surface area contributed by atoms with Crippen LogP contribution in [0.4, 0.5) is 5.69 Å². The van der Waals surface area contributed by atoms with Crippen LogP contribution in [0.15, 0.2) is 65.1 Å². The van der Waals surface area contributed by atoms with Crippen LogP contribution in [-0.4, -0.2) is 48.3 Å². The van der Waals surface area contributed by atoms with Crippen molar-refractivity contribution in [3.8, 4) is 28.3 Å². The molecule has 2 heterocycles. The van der Waals surface area contributed by atoms with E-state index in [2.05, 4.69) is 27.5 Å². The normalized spacial score (nSPS) is 15.7. The molecule has 0 bridgehead atoms. The van der Waals surface area contributed by atoms with Crippen LogP contribution in [0.2, 0.25) is 0 Å². The van der Waals surface area contributed by atoms with Gasteiger partial charge in [0.05, 0.1) is 7.11 Å². The molecule has 0 radical (unpaired) electrons. The molecule has 1 atom stereocenters. The van der Waals surface area contributed by atoms with Crippen LogP contribution in [0.1, 0.15) is 39.7 Å². The molecule has 0 spiro atoms. The van der Waals surface area contributed by atoms with Gasteiger partial charge in [-0.1, -0.05) is 18.2 Å². The van der Waals surface area contributed by atoms with Crippen LogP contribution < -0.4 is 10.1 Å². The van der Waals surface area contributed by atoms with Crippen molar-refractivity contribution in [2.24, 2.45) is 0 Å². The Balaban J connectivity index is 1.31. The van der Waals surface area contributed by atoms with Gasteiger partial charge in [-0.2, -0.15) is 0 Å². The van der Waals surface area contributed by atoms with Crippen LogP contribution in [0.3, 0.4) is 0 Å². The molecule has 1 unspecified atom stereocenters. The number of hydrogen-bond donors (Lipinski definition) is 1. The zero-order valence-electron chi connectivity index (χ0n) is 21.0. The topological polar surface area (TPSA) is 80.5 Å². The predicted octanol–water partition coefficient (Wildman–Crippen LogP) is 5.70. The number of likely N-dealkylation sites (N-methyl/N-ethyl adjacent to an activating group) is 1. The molecule has 36 heavy (non-hydrogen) atoms. The number of rotatable bonds is 6. The summed E-state index contributed by atoms with van der Waals surface area (Å²) in [6.07, 6.45) is 1.08. The van der Waals surface area contributed by atoms with E-state index in [0.717, 1.165) is 58.8 Å². The van der Waals surface area contributed by atoms with Gasteiger partial charge in [-0.15, -0.1) is 10.2 Å². The zero-order valence-corrected chi connectivity index (χ0v) is 21.0. The minimum absolute atomic E-state index is 0.139. The Morgan fingerprint density at radius 2 is 1.81 bits per heavy atom. The van der Waals surface area contributed by atoms with Crippen molar-refractivity contribution < 1.29 is 13.9 Å². The molecule has 3 aromatic carbocycles. The lowest BCUT2D eigenvalue weighted by molar-refractivity contribution is 0.102. The van der Waals surface area contributed by atoms with E-state index < -0.39 is 0 Å². The Bertz CT molecular complexity index is 1390. The summed E-state index contributed by atoms with van der Waals surface area (Å²) in [4.78, 5) is 15.3. The lowest BCUT2D eigenvalue weighted by Crippen LogP contribution is -2.14. The van der Waals surface area contributed by atoms with Crippen LogP contribution >= 0.6 is 0 Å². The van der Waals surface area contributed by atoms with Crippen molar-refractivity contribution in [1.82, 2.24) is 15.1 Å². The van der Waals surface area contributed by atoms with E-state index in [9.17, 15) is 4.79 Å². The van der Waals surface area contributed by atoms with E-state index in [1.807, 2.05) is 67.6 Å². The Morgan fingerprint density at radius 1 is 1.03 bits per heavy atom. The molecular weight excluding hydrogens is 452 g/mol. The van der Waals surface area contributed by atoms with Crippen molar-refractivity contribution in [2.45, 2.75) is 26.2 Å². The van der Waals surface area contributed by atoms with Crippen molar-refractivity contribution in [1.29, 1.82) is 0 Å². The molecule has 5 rings (SSSR count). The first-order chi connectivity index (χ1) is 17.4. The van der Waals surface area contributed by atoms with Crippen LogP contribution in [0.5, 0.6) is 5.75 Å². The number of carbonyl (C=O) groups excluding carboxylic acids is 1. The highest BCUT2D eigenvalue weighted by Gasteiger charge is 2.24. The molecule has 1 fully saturated rings. The molecule has 0 saturated carbocycles. The number of benzene rings is 3. The SMILES string of the molecule is COc1ccc(NC(=O)c2ccc(-c3ccc(-c4nnc(C)o4)cc3C)cc2)cc1C1CCN(C)C1. The lowest BCUT2D eigenvalue weighted by atomic mass is 9.96. The summed E-state index contributed by atoms with van der Waals surface area (Å²) in [5.74, 6) is 2.18. The van der Waals surface area contributed by atoms with Gasteiger partial charge >= 0.3 is 0 Å². The van der Waals surface area contributed by atoms with Crippen molar-refractivity contribution >= 4 is 11.6 Å².